The Bertz CT molecular complexity index is 892. The Hall–Kier alpha value is -3.26. The maximum Gasteiger partial charge on any atom is 0.291 e. The first-order valence-electron chi connectivity index (χ1n) is 7.89. The number of aliphatic hydroxyl groups excluding tert-OH is 1. The highest BCUT2D eigenvalue weighted by atomic mass is 19.1. The second kappa shape index (κ2) is 7.75. The summed E-state index contributed by atoms with van der Waals surface area (Å²) in [6.07, 6.45) is 0. The molecule has 1 aromatic heterocycles. The molecule has 0 fully saturated rings. The van der Waals surface area contributed by atoms with Crippen LogP contribution in [0.1, 0.15) is 10.6 Å². The molecule has 0 bridgehead atoms. The Kier molecular flexibility index (Phi) is 5.23. The fourth-order valence-corrected chi connectivity index (χ4v) is 2.35. The molecule has 0 saturated carbocycles. The number of carbonyl (C=O) groups excluding carboxylic acids is 1. The minimum absolute atomic E-state index is 0.0476. The summed E-state index contributed by atoms with van der Waals surface area (Å²) in [6.45, 7) is -0.0858. The maximum atomic E-state index is 13.2. The molecule has 1 amide bonds. The van der Waals surface area contributed by atoms with E-state index >= 15 is 0 Å². The second-order valence-electron chi connectivity index (χ2n) is 5.36. The number of nitrogens with one attached hydrogen (secondary N) is 1. The lowest BCUT2D eigenvalue weighted by Crippen LogP contribution is -2.27. The summed E-state index contributed by atoms with van der Waals surface area (Å²) >= 11 is 0. The number of ether oxygens (including phenoxy) is 1. The van der Waals surface area contributed by atoms with Crippen LogP contribution in [0.5, 0.6) is 5.75 Å². The molecule has 1 heterocycles. The number of rotatable bonds is 6. The zero-order valence-corrected chi connectivity index (χ0v) is 14.0. The van der Waals surface area contributed by atoms with Crippen LogP contribution in [0, 0.1) is 5.82 Å². The van der Waals surface area contributed by atoms with Crippen molar-refractivity contribution in [1.82, 2.24) is 20.1 Å². The van der Waals surface area contributed by atoms with E-state index in [4.69, 9.17) is 9.84 Å². The Labute approximate surface area is 149 Å². The van der Waals surface area contributed by atoms with Crippen molar-refractivity contribution >= 4 is 5.91 Å². The van der Waals surface area contributed by atoms with Crippen molar-refractivity contribution in [2.45, 2.75) is 0 Å². The summed E-state index contributed by atoms with van der Waals surface area (Å²) < 4.78 is 19.9. The van der Waals surface area contributed by atoms with Crippen LogP contribution in [0.15, 0.2) is 48.5 Å². The van der Waals surface area contributed by atoms with Crippen molar-refractivity contribution in [3.8, 4) is 22.8 Å². The van der Waals surface area contributed by atoms with Gasteiger partial charge in [-0.3, -0.25) is 4.79 Å². The van der Waals surface area contributed by atoms with Gasteiger partial charge in [-0.2, -0.15) is 0 Å². The van der Waals surface area contributed by atoms with E-state index in [1.54, 1.807) is 43.5 Å². The first-order chi connectivity index (χ1) is 12.6. The van der Waals surface area contributed by atoms with Crippen molar-refractivity contribution in [3.05, 3.63) is 60.2 Å². The van der Waals surface area contributed by atoms with Crippen LogP contribution in [0.25, 0.3) is 17.1 Å². The fourth-order valence-electron chi connectivity index (χ4n) is 2.35. The topological polar surface area (TPSA) is 89.3 Å². The van der Waals surface area contributed by atoms with Crippen molar-refractivity contribution in [1.29, 1.82) is 0 Å². The standard InChI is InChI=1S/C18H17FN4O3/c1-26-15-8-6-14(7-9-15)23-17(12-2-4-13(19)5-3-12)21-16(22-23)18(25)20-10-11-24/h2-9,24H,10-11H2,1H3,(H,20,25). The molecule has 8 heteroatoms. The third-order valence-electron chi connectivity index (χ3n) is 3.63. The van der Waals surface area contributed by atoms with Crippen LogP contribution in [-0.4, -0.2) is 46.0 Å². The molecule has 0 unspecified atom stereocenters. The van der Waals surface area contributed by atoms with Crippen LogP contribution in [0.3, 0.4) is 0 Å². The molecule has 0 atom stereocenters. The van der Waals surface area contributed by atoms with E-state index in [2.05, 4.69) is 15.4 Å². The maximum absolute atomic E-state index is 13.2. The number of hydrogen-bond donors (Lipinski definition) is 2. The van der Waals surface area contributed by atoms with Crippen molar-refractivity contribution in [3.63, 3.8) is 0 Å². The SMILES string of the molecule is COc1ccc(-n2nc(C(=O)NCCO)nc2-c2ccc(F)cc2)cc1. The van der Waals surface area contributed by atoms with Crippen molar-refractivity contribution < 1.29 is 19.0 Å². The van der Waals surface area contributed by atoms with Gasteiger partial charge in [0.15, 0.2) is 5.82 Å². The zero-order chi connectivity index (χ0) is 18.5. The van der Waals surface area contributed by atoms with Crippen LogP contribution in [0.4, 0.5) is 4.39 Å². The number of amides is 1. The molecule has 0 spiro atoms. The van der Waals surface area contributed by atoms with Gasteiger partial charge < -0.3 is 15.2 Å². The third-order valence-corrected chi connectivity index (χ3v) is 3.63. The normalized spacial score (nSPS) is 10.6. The molecule has 0 radical (unpaired) electrons. The number of aliphatic hydroxyl groups is 1. The minimum Gasteiger partial charge on any atom is -0.497 e. The van der Waals surface area contributed by atoms with Crippen LogP contribution in [-0.2, 0) is 0 Å². The molecule has 0 aliphatic heterocycles. The number of nitrogens with zero attached hydrogens (tertiary/aromatic N) is 3. The highest BCUT2D eigenvalue weighted by molar-refractivity contribution is 5.91. The summed E-state index contributed by atoms with van der Waals surface area (Å²) in [5.41, 5.74) is 1.27. The monoisotopic (exact) mass is 356 g/mol. The number of carbonyl (C=O) groups is 1. The highest BCUT2D eigenvalue weighted by Crippen LogP contribution is 2.23. The Morgan fingerprint density at radius 1 is 1.19 bits per heavy atom. The van der Waals surface area contributed by atoms with Gasteiger partial charge in [0.2, 0.25) is 5.82 Å². The van der Waals surface area contributed by atoms with Gasteiger partial charge in [0.05, 0.1) is 19.4 Å². The highest BCUT2D eigenvalue weighted by Gasteiger charge is 2.18. The molecule has 3 aromatic rings. The molecule has 7 nitrogen and oxygen atoms in total. The van der Waals surface area contributed by atoms with Gasteiger partial charge in [-0.1, -0.05) is 0 Å². The van der Waals surface area contributed by atoms with Crippen molar-refractivity contribution in [2.75, 3.05) is 20.3 Å². The summed E-state index contributed by atoms with van der Waals surface area (Å²) in [6, 6.07) is 12.8. The Balaban J connectivity index is 2.05. The van der Waals surface area contributed by atoms with E-state index in [-0.39, 0.29) is 24.8 Å². The average molecular weight is 356 g/mol. The van der Waals surface area contributed by atoms with Gasteiger partial charge in [0, 0.05) is 12.1 Å². The molecule has 0 aliphatic carbocycles. The molecular formula is C18H17FN4O3. The van der Waals surface area contributed by atoms with Crippen molar-refractivity contribution in [2.24, 2.45) is 0 Å². The summed E-state index contributed by atoms with van der Waals surface area (Å²) in [5, 5.41) is 15.6. The van der Waals surface area contributed by atoms with E-state index in [1.165, 1.54) is 16.8 Å². The van der Waals surface area contributed by atoms with Crippen LogP contribution < -0.4 is 10.1 Å². The summed E-state index contributed by atoms with van der Waals surface area (Å²) in [7, 11) is 1.57. The minimum atomic E-state index is -0.505. The molecule has 2 aromatic carbocycles. The third kappa shape index (κ3) is 3.70. The number of halogens is 1. The molecular weight excluding hydrogens is 339 g/mol. The lowest BCUT2D eigenvalue weighted by molar-refractivity contribution is 0.0934. The molecule has 0 aliphatic rings. The van der Waals surface area contributed by atoms with Gasteiger partial charge >= 0.3 is 0 Å². The van der Waals surface area contributed by atoms with E-state index in [0.717, 1.165) is 0 Å². The lowest BCUT2D eigenvalue weighted by atomic mass is 10.2. The van der Waals surface area contributed by atoms with Gasteiger partial charge in [-0.05, 0) is 48.5 Å². The molecule has 26 heavy (non-hydrogen) atoms. The van der Waals surface area contributed by atoms with Gasteiger partial charge in [0.25, 0.3) is 5.91 Å². The zero-order valence-electron chi connectivity index (χ0n) is 14.0. The van der Waals surface area contributed by atoms with E-state index < -0.39 is 5.91 Å². The lowest BCUT2D eigenvalue weighted by Gasteiger charge is -2.07. The average Bonchev–Trinajstić information content (AvgIpc) is 3.12. The fraction of sp³-hybridized carbons (Fsp3) is 0.167. The van der Waals surface area contributed by atoms with Gasteiger partial charge in [0.1, 0.15) is 11.6 Å². The number of methoxy groups -OCH3 is 1. The largest absolute Gasteiger partial charge is 0.497 e. The van der Waals surface area contributed by atoms with Gasteiger partial charge in [-0.15, -0.1) is 5.10 Å². The van der Waals surface area contributed by atoms with E-state index in [0.29, 0.717) is 22.8 Å². The number of benzene rings is 2. The predicted molar refractivity (Wildman–Crippen MR) is 92.7 cm³/mol. The quantitative estimate of drug-likeness (QED) is 0.703. The molecule has 2 N–H and O–H groups in total. The molecule has 134 valence electrons. The first kappa shape index (κ1) is 17.6. The molecule has 0 saturated heterocycles. The summed E-state index contributed by atoms with van der Waals surface area (Å²) in [5.74, 6) is 0.149. The smallest absolute Gasteiger partial charge is 0.291 e. The Morgan fingerprint density at radius 3 is 2.50 bits per heavy atom. The molecule has 3 rings (SSSR count). The number of hydrogen-bond acceptors (Lipinski definition) is 5. The number of aromatic nitrogens is 3. The van der Waals surface area contributed by atoms with Crippen LogP contribution >= 0.6 is 0 Å². The Morgan fingerprint density at radius 2 is 1.88 bits per heavy atom. The second-order valence-corrected chi connectivity index (χ2v) is 5.36. The van der Waals surface area contributed by atoms with E-state index in [1.807, 2.05) is 0 Å². The van der Waals surface area contributed by atoms with Crippen LogP contribution in [0.2, 0.25) is 0 Å². The first-order valence-corrected chi connectivity index (χ1v) is 7.89. The van der Waals surface area contributed by atoms with Gasteiger partial charge in [-0.25, -0.2) is 14.1 Å². The summed E-state index contributed by atoms with van der Waals surface area (Å²) in [4.78, 5) is 16.4. The van der Waals surface area contributed by atoms with E-state index in [9.17, 15) is 9.18 Å². The predicted octanol–water partition coefficient (Wildman–Crippen LogP) is 1.80.